The summed E-state index contributed by atoms with van der Waals surface area (Å²) >= 11 is 3.26. The lowest BCUT2D eigenvalue weighted by molar-refractivity contribution is 0.471. The fourth-order valence-electron chi connectivity index (χ4n) is 1.21. The van der Waals surface area contributed by atoms with Crippen LogP contribution in [0.3, 0.4) is 0 Å². The number of rotatable bonds is 4. The Balaban J connectivity index is 2.89. The molecule has 0 amide bonds. The molecular weight excluding hydrogens is 268 g/mol. The second-order valence-electron chi connectivity index (χ2n) is 3.56. The Morgan fingerprint density at radius 2 is 2.25 bits per heavy atom. The molecule has 0 atom stereocenters. The third-order valence-electron chi connectivity index (χ3n) is 2.08. The van der Waals surface area contributed by atoms with Crippen LogP contribution >= 0.6 is 15.9 Å². The van der Waals surface area contributed by atoms with Gasteiger partial charge in [0.25, 0.3) is 0 Å². The standard InChI is InChI=1S/C12H15BrN2O/c1-4-5-15(3)8-14-11-7-10(13)12(16)6-9(11)2/h4,6-8,16H,1,5H2,2-3H3. The molecule has 0 spiro atoms. The Morgan fingerprint density at radius 3 is 2.88 bits per heavy atom. The highest BCUT2D eigenvalue weighted by Crippen LogP contribution is 2.31. The van der Waals surface area contributed by atoms with Crippen molar-refractivity contribution in [3.05, 3.63) is 34.8 Å². The Hall–Kier alpha value is -1.29. The first-order valence-electron chi connectivity index (χ1n) is 4.89. The van der Waals surface area contributed by atoms with E-state index in [1.807, 2.05) is 24.9 Å². The molecular formula is C12H15BrN2O. The molecule has 0 saturated heterocycles. The molecule has 1 rings (SSSR count). The molecule has 0 bridgehead atoms. The van der Waals surface area contributed by atoms with Crippen LogP contribution in [0.5, 0.6) is 5.75 Å². The first-order chi connectivity index (χ1) is 7.54. The predicted octanol–water partition coefficient (Wildman–Crippen LogP) is 3.24. The Labute approximate surface area is 104 Å². The van der Waals surface area contributed by atoms with Gasteiger partial charge in [0.2, 0.25) is 0 Å². The number of likely N-dealkylation sites (N-methyl/N-ethyl adjacent to an activating group) is 1. The number of halogens is 1. The van der Waals surface area contributed by atoms with Crippen LogP contribution in [-0.4, -0.2) is 29.9 Å². The van der Waals surface area contributed by atoms with Crippen molar-refractivity contribution < 1.29 is 5.11 Å². The van der Waals surface area contributed by atoms with Gasteiger partial charge >= 0.3 is 0 Å². The largest absolute Gasteiger partial charge is 0.507 e. The first-order valence-corrected chi connectivity index (χ1v) is 5.68. The van der Waals surface area contributed by atoms with Crippen molar-refractivity contribution in [3.63, 3.8) is 0 Å². The van der Waals surface area contributed by atoms with Gasteiger partial charge in [0.15, 0.2) is 0 Å². The molecule has 4 heteroatoms. The number of benzene rings is 1. The lowest BCUT2D eigenvalue weighted by Gasteiger charge is -2.09. The first kappa shape index (κ1) is 12.8. The summed E-state index contributed by atoms with van der Waals surface area (Å²) < 4.78 is 0.650. The summed E-state index contributed by atoms with van der Waals surface area (Å²) in [4.78, 5) is 6.26. The van der Waals surface area contributed by atoms with Crippen molar-refractivity contribution in [1.29, 1.82) is 0 Å². The molecule has 0 aliphatic rings. The zero-order valence-electron chi connectivity index (χ0n) is 9.44. The summed E-state index contributed by atoms with van der Waals surface area (Å²) in [5, 5.41) is 9.46. The van der Waals surface area contributed by atoms with Gasteiger partial charge in [-0.25, -0.2) is 4.99 Å². The number of phenolic OH excluding ortho intramolecular Hbond substituents is 1. The number of hydrogen-bond donors (Lipinski definition) is 1. The highest BCUT2D eigenvalue weighted by atomic mass is 79.9. The van der Waals surface area contributed by atoms with E-state index in [1.54, 1.807) is 18.5 Å². The Morgan fingerprint density at radius 1 is 1.56 bits per heavy atom. The van der Waals surface area contributed by atoms with Crippen molar-refractivity contribution in [2.75, 3.05) is 13.6 Å². The maximum atomic E-state index is 9.46. The molecule has 1 N–H and O–H groups in total. The van der Waals surface area contributed by atoms with E-state index < -0.39 is 0 Å². The maximum Gasteiger partial charge on any atom is 0.130 e. The van der Waals surface area contributed by atoms with Gasteiger partial charge in [-0.2, -0.15) is 0 Å². The quantitative estimate of drug-likeness (QED) is 0.523. The second kappa shape index (κ2) is 5.70. The molecule has 0 aliphatic heterocycles. The SMILES string of the molecule is C=CCN(C)C=Nc1cc(Br)c(O)cc1C. The molecule has 86 valence electrons. The summed E-state index contributed by atoms with van der Waals surface area (Å²) in [7, 11) is 1.93. The van der Waals surface area contributed by atoms with Gasteiger partial charge in [-0.1, -0.05) is 6.08 Å². The molecule has 0 heterocycles. The van der Waals surface area contributed by atoms with Crippen molar-refractivity contribution in [3.8, 4) is 5.75 Å². The second-order valence-corrected chi connectivity index (χ2v) is 4.42. The third kappa shape index (κ3) is 3.38. The van der Waals surface area contributed by atoms with Gasteiger partial charge in [-0.05, 0) is 40.5 Å². The van der Waals surface area contributed by atoms with Gasteiger partial charge in [-0.3, -0.25) is 0 Å². The number of aromatic hydroxyl groups is 1. The van der Waals surface area contributed by atoms with E-state index in [0.29, 0.717) is 4.47 Å². The van der Waals surface area contributed by atoms with Gasteiger partial charge in [-0.15, -0.1) is 6.58 Å². The van der Waals surface area contributed by atoms with E-state index in [-0.39, 0.29) is 5.75 Å². The lowest BCUT2D eigenvalue weighted by Crippen LogP contribution is -2.15. The summed E-state index contributed by atoms with van der Waals surface area (Å²) in [5.41, 5.74) is 1.77. The van der Waals surface area contributed by atoms with E-state index in [9.17, 15) is 5.11 Å². The average Bonchev–Trinajstić information content (AvgIpc) is 2.22. The van der Waals surface area contributed by atoms with Gasteiger partial charge in [0.1, 0.15) is 5.75 Å². The van der Waals surface area contributed by atoms with Crippen LogP contribution in [-0.2, 0) is 0 Å². The topological polar surface area (TPSA) is 35.8 Å². The Bertz CT molecular complexity index is 416. The normalized spacial score (nSPS) is 10.7. The summed E-state index contributed by atoms with van der Waals surface area (Å²) in [5.74, 6) is 0.232. The predicted molar refractivity (Wildman–Crippen MR) is 71.5 cm³/mol. The number of nitrogens with zero attached hydrogens (tertiary/aromatic N) is 2. The van der Waals surface area contributed by atoms with Crippen molar-refractivity contribution in [2.45, 2.75) is 6.92 Å². The van der Waals surface area contributed by atoms with E-state index in [0.717, 1.165) is 17.8 Å². The molecule has 16 heavy (non-hydrogen) atoms. The van der Waals surface area contributed by atoms with Crippen molar-refractivity contribution in [1.82, 2.24) is 4.90 Å². The third-order valence-corrected chi connectivity index (χ3v) is 2.71. The fraction of sp³-hybridized carbons (Fsp3) is 0.250. The van der Waals surface area contributed by atoms with E-state index in [2.05, 4.69) is 27.5 Å². The van der Waals surface area contributed by atoms with Crippen molar-refractivity contribution >= 4 is 28.0 Å². The molecule has 0 aromatic heterocycles. The smallest absolute Gasteiger partial charge is 0.130 e. The molecule has 1 aromatic rings. The van der Waals surface area contributed by atoms with E-state index >= 15 is 0 Å². The van der Waals surface area contributed by atoms with Crippen LogP contribution in [0.15, 0.2) is 34.3 Å². The van der Waals surface area contributed by atoms with Crippen LogP contribution in [0.4, 0.5) is 5.69 Å². The highest BCUT2D eigenvalue weighted by molar-refractivity contribution is 9.10. The molecule has 0 aliphatic carbocycles. The van der Waals surface area contributed by atoms with Gasteiger partial charge in [0, 0.05) is 13.6 Å². The van der Waals surface area contributed by atoms with E-state index in [1.165, 1.54) is 0 Å². The summed E-state index contributed by atoms with van der Waals surface area (Å²) in [6, 6.07) is 3.48. The summed E-state index contributed by atoms with van der Waals surface area (Å²) in [6.45, 7) is 6.32. The van der Waals surface area contributed by atoms with Crippen LogP contribution in [0.2, 0.25) is 0 Å². The molecule has 0 radical (unpaired) electrons. The Kier molecular flexibility index (Phi) is 4.55. The van der Waals surface area contributed by atoms with Crippen LogP contribution in [0.25, 0.3) is 0 Å². The van der Waals surface area contributed by atoms with Crippen LogP contribution < -0.4 is 0 Å². The van der Waals surface area contributed by atoms with Crippen LogP contribution in [0, 0.1) is 6.92 Å². The average molecular weight is 283 g/mol. The van der Waals surface area contributed by atoms with E-state index in [4.69, 9.17) is 0 Å². The number of phenols is 1. The van der Waals surface area contributed by atoms with Crippen molar-refractivity contribution in [2.24, 2.45) is 4.99 Å². The summed E-state index contributed by atoms with van der Waals surface area (Å²) in [6.07, 6.45) is 3.55. The zero-order valence-corrected chi connectivity index (χ0v) is 11.0. The molecule has 0 saturated carbocycles. The number of aliphatic imine (C=N–C) groups is 1. The number of hydrogen-bond acceptors (Lipinski definition) is 2. The molecule has 0 fully saturated rings. The molecule has 3 nitrogen and oxygen atoms in total. The number of aryl methyl sites for hydroxylation is 1. The minimum atomic E-state index is 0.232. The minimum Gasteiger partial charge on any atom is -0.507 e. The minimum absolute atomic E-state index is 0.232. The monoisotopic (exact) mass is 282 g/mol. The van der Waals surface area contributed by atoms with Gasteiger partial charge in [0.05, 0.1) is 16.5 Å². The van der Waals surface area contributed by atoms with Crippen LogP contribution in [0.1, 0.15) is 5.56 Å². The zero-order chi connectivity index (χ0) is 12.1. The van der Waals surface area contributed by atoms with Gasteiger partial charge < -0.3 is 10.0 Å². The molecule has 0 unspecified atom stereocenters. The highest BCUT2D eigenvalue weighted by Gasteiger charge is 2.02. The maximum absolute atomic E-state index is 9.46. The fourth-order valence-corrected chi connectivity index (χ4v) is 1.54. The lowest BCUT2D eigenvalue weighted by atomic mass is 10.2. The molecule has 1 aromatic carbocycles.